The molecule has 2 heteroatoms. The summed E-state index contributed by atoms with van der Waals surface area (Å²) >= 11 is 0. The van der Waals surface area contributed by atoms with Crippen molar-refractivity contribution in [2.75, 3.05) is 0 Å². The summed E-state index contributed by atoms with van der Waals surface area (Å²) in [6.07, 6.45) is 2.45. The van der Waals surface area contributed by atoms with E-state index < -0.39 is 5.60 Å². The van der Waals surface area contributed by atoms with Gasteiger partial charge in [0, 0.05) is 11.0 Å². The molecule has 1 heterocycles. The largest absolute Gasteiger partial charge is 0.485 e. The molecule has 0 spiro atoms. The van der Waals surface area contributed by atoms with Gasteiger partial charge < -0.3 is 9.84 Å². The summed E-state index contributed by atoms with van der Waals surface area (Å²) in [5.74, 6) is 0.972. The lowest BCUT2D eigenvalue weighted by Crippen LogP contribution is -2.56. The summed E-state index contributed by atoms with van der Waals surface area (Å²) in [6.45, 7) is 6.42. The first-order chi connectivity index (χ1) is 7.93. The molecule has 17 heavy (non-hydrogen) atoms. The zero-order chi connectivity index (χ0) is 12.3. The van der Waals surface area contributed by atoms with Crippen LogP contribution in [-0.4, -0.2) is 16.8 Å². The summed E-state index contributed by atoms with van der Waals surface area (Å²) < 4.78 is 6.10. The molecule has 2 aliphatic rings. The highest BCUT2D eigenvalue weighted by Crippen LogP contribution is 2.52. The third-order valence-electron chi connectivity index (χ3n) is 4.55. The van der Waals surface area contributed by atoms with Gasteiger partial charge in [-0.05, 0) is 44.7 Å². The molecule has 1 fully saturated rings. The monoisotopic (exact) mass is 232 g/mol. The first-order valence-corrected chi connectivity index (χ1v) is 6.41. The van der Waals surface area contributed by atoms with E-state index in [-0.39, 0.29) is 11.5 Å². The van der Waals surface area contributed by atoms with Crippen molar-refractivity contribution in [3.8, 4) is 5.75 Å². The quantitative estimate of drug-likeness (QED) is 0.745. The summed E-state index contributed by atoms with van der Waals surface area (Å²) in [5, 5.41) is 10.2. The van der Waals surface area contributed by atoms with Gasteiger partial charge in [-0.2, -0.15) is 0 Å². The van der Waals surface area contributed by atoms with E-state index >= 15 is 0 Å². The molecule has 1 N–H and O–H groups in total. The van der Waals surface area contributed by atoms with Gasteiger partial charge in [-0.25, -0.2) is 0 Å². The molecular formula is C15H20O2. The number of rotatable bonds is 0. The maximum absolute atomic E-state index is 10.2. The molecule has 2 bridgehead atoms. The van der Waals surface area contributed by atoms with E-state index in [0.29, 0.717) is 0 Å². The molecule has 1 aliphatic heterocycles. The smallest absolute Gasteiger partial charge is 0.133 e. The zero-order valence-corrected chi connectivity index (χ0v) is 10.8. The van der Waals surface area contributed by atoms with Gasteiger partial charge in [0.25, 0.3) is 0 Å². The van der Waals surface area contributed by atoms with Crippen molar-refractivity contribution in [1.29, 1.82) is 0 Å². The maximum Gasteiger partial charge on any atom is 0.133 e. The van der Waals surface area contributed by atoms with E-state index in [1.54, 1.807) is 0 Å². The van der Waals surface area contributed by atoms with E-state index in [1.807, 2.05) is 6.92 Å². The predicted octanol–water partition coefficient (Wildman–Crippen LogP) is 2.95. The molecular weight excluding hydrogens is 212 g/mol. The first-order valence-electron chi connectivity index (χ1n) is 6.41. The van der Waals surface area contributed by atoms with Gasteiger partial charge >= 0.3 is 0 Å². The highest BCUT2D eigenvalue weighted by atomic mass is 16.5. The second kappa shape index (κ2) is 3.26. The minimum absolute atomic E-state index is 0.162. The van der Waals surface area contributed by atoms with Crippen LogP contribution in [0.4, 0.5) is 0 Å². The Morgan fingerprint density at radius 3 is 2.88 bits per heavy atom. The summed E-state index contributed by atoms with van der Waals surface area (Å²) in [7, 11) is 0. The average molecular weight is 232 g/mol. The number of benzene rings is 1. The number of ether oxygens (including phenoxy) is 1. The van der Waals surface area contributed by atoms with E-state index in [1.165, 1.54) is 11.1 Å². The van der Waals surface area contributed by atoms with Crippen LogP contribution in [0.5, 0.6) is 5.75 Å². The van der Waals surface area contributed by atoms with Crippen LogP contribution >= 0.6 is 0 Å². The van der Waals surface area contributed by atoms with Crippen molar-refractivity contribution >= 4 is 0 Å². The molecule has 0 amide bonds. The number of aliphatic hydroxyl groups is 1. The standard InChI is InChI=1S/C15H20O2/c1-10-4-5-11-12(8-10)17-15(3)9-14(11,2)7-6-13(15)16/h4-5,8,13,16H,6-7,9H2,1-3H3/t13-,14-,15-/m0/s1. The Morgan fingerprint density at radius 2 is 2.12 bits per heavy atom. The SMILES string of the molecule is Cc1ccc2c(c1)O[C@@]1(C)C[C@]2(C)CC[C@@H]1O. The van der Waals surface area contributed by atoms with Crippen LogP contribution in [0, 0.1) is 6.92 Å². The van der Waals surface area contributed by atoms with Gasteiger partial charge in [0.1, 0.15) is 11.4 Å². The molecule has 1 saturated carbocycles. The molecule has 92 valence electrons. The minimum atomic E-state index is -0.409. The van der Waals surface area contributed by atoms with Gasteiger partial charge in [0.05, 0.1) is 6.10 Å². The van der Waals surface area contributed by atoms with E-state index in [4.69, 9.17) is 4.74 Å². The number of fused-ring (bicyclic) bond motifs is 4. The Kier molecular flexibility index (Phi) is 2.13. The van der Waals surface area contributed by atoms with Crippen LogP contribution in [-0.2, 0) is 5.41 Å². The Hall–Kier alpha value is -1.02. The molecule has 0 saturated heterocycles. The molecule has 0 radical (unpaired) electrons. The molecule has 2 nitrogen and oxygen atoms in total. The Labute approximate surface area is 103 Å². The first kappa shape index (κ1) is 11.1. The molecule has 1 aromatic carbocycles. The van der Waals surface area contributed by atoms with Gasteiger partial charge in [-0.15, -0.1) is 0 Å². The Balaban J connectivity index is 2.16. The molecule has 0 aromatic heterocycles. The Morgan fingerprint density at radius 1 is 1.35 bits per heavy atom. The molecule has 1 aliphatic carbocycles. The summed E-state index contributed by atoms with van der Waals surface area (Å²) in [6, 6.07) is 6.45. The number of hydrogen-bond donors (Lipinski definition) is 1. The average Bonchev–Trinajstić information content (AvgIpc) is 2.23. The highest BCUT2D eigenvalue weighted by molar-refractivity contribution is 5.45. The number of hydrogen-bond acceptors (Lipinski definition) is 2. The van der Waals surface area contributed by atoms with Crippen LogP contribution in [0.3, 0.4) is 0 Å². The van der Waals surface area contributed by atoms with Crippen LogP contribution < -0.4 is 4.74 Å². The number of aryl methyl sites for hydroxylation is 1. The fourth-order valence-corrected chi connectivity index (χ4v) is 3.54. The second-order valence-corrected chi connectivity index (χ2v) is 6.21. The maximum atomic E-state index is 10.2. The van der Waals surface area contributed by atoms with Crippen molar-refractivity contribution in [3.05, 3.63) is 29.3 Å². The zero-order valence-electron chi connectivity index (χ0n) is 10.8. The van der Waals surface area contributed by atoms with Gasteiger partial charge in [0.2, 0.25) is 0 Å². The van der Waals surface area contributed by atoms with Crippen molar-refractivity contribution in [3.63, 3.8) is 0 Å². The minimum Gasteiger partial charge on any atom is -0.485 e. The second-order valence-electron chi connectivity index (χ2n) is 6.21. The lowest BCUT2D eigenvalue weighted by molar-refractivity contribution is -0.102. The van der Waals surface area contributed by atoms with Gasteiger partial charge in [-0.3, -0.25) is 0 Å². The molecule has 3 atom stereocenters. The molecule has 0 unspecified atom stereocenters. The third kappa shape index (κ3) is 1.50. The topological polar surface area (TPSA) is 29.5 Å². The lowest BCUT2D eigenvalue weighted by atomic mass is 9.62. The number of aliphatic hydroxyl groups excluding tert-OH is 1. The van der Waals surface area contributed by atoms with Crippen molar-refractivity contribution in [2.45, 2.75) is 57.2 Å². The van der Waals surface area contributed by atoms with Crippen LogP contribution in [0.15, 0.2) is 18.2 Å². The lowest BCUT2D eigenvalue weighted by Gasteiger charge is -2.52. The van der Waals surface area contributed by atoms with Gasteiger partial charge in [-0.1, -0.05) is 19.1 Å². The van der Waals surface area contributed by atoms with E-state index in [0.717, 1.165) is 25.0 Å². The molecule has 3 rings (SSSR count). The van der Waals surface area contributed by atoms with Gasteiger partial charge in [0.15, 0.2) is 0 Å². The van der Waals surface area contributed by atoms with Crippen LogP contribution in [0.25, 0.3) is 0 Å². The Bertz CT molecular complexity index is 468. The van der Waals surface area contributed by atoms with E-state index in [9.17, 15) is 5.11 Å². The van der Waals surface area contributed by atoms with Crippen molar-refractivity contribution in [1.82, 2.24) is 0 Å². The van der Waals surface area contributed by atoms with E-state index in [2.05, 4.69) is 32.0 Å². The fourth-order valence-electron chi connectivity index (χ4n) is 3.54. The highest BCUT2D eigenvalue weighted by Gasteiger charge is 2.51. The van der Waals surface area contributed by atoms with Crippen LogP contribution in [0.1, 0.15) is 44.2 Å². The normalized spacial score (nSPS) is 39.4. The predicted molar refractivity (Wildman–Crippen MR) is 67.4 cm³/mol. The molecule has 1 aromatic rings. The fraction of sp³-hybridized carbons (Fsp3) is 0.600. The van der Waals surface area contributed by atoms with Crippen molar-refractivity contribution in [2.24, 2.45) is 0 Å². The van der Waals surface area contributed by atoms with Crippen molar-refractivity contribution < 1.29 is 9.84 Å². The third-order valence-corrected chi connectivity index (χ3v) is 4.55. The van der Waals surface area contributed by atoms with Crippen LogP contribution in [0.2, 0.25) is 0 Å². The summed E-state index contributed by atoms with van der Waals surface area (Å²) in [4.78, 5) is 0. The summed E-state index contributed by atoms with van der Waals surface area (Å²) in [5.41, 5.74) is 2.28.